The molecule has 2 aromatic carbocycles. The molecule has 3 heterocycles. The molecule has 1 spiro atoms. The van der Waals surface area contributed by atoms with Crippen molar-refractivity contribution in [3.63, 3.8) is 0 Å². The van der Waals surface area contributed by atoms with Gasteiger partial charge in [-0.1, -0.05) is 54.6 Å². The average molecular weight is 617 g/mol. The molecule has 8 heteroatoms. The molecule has 234 valence electrons. The minimum Gasteiger partial charge on any atom is -0.465 e. The molecular weight excluding hydrogens is 572 g/mol. The van der Waals surface area contributed by atoms with Crippen LogP contribution in [0, 0.1) is 25.7 Å². The largest absolute Gasteiger partial charge is 0.465 e. The molecular formula is C36H44N2O5S. The van der Waals surface area contributed by atoms with Crippen molar-refractivity contribution in [2.45, 2.75) is 74.5 Å². The van der Waals surface area contributed by atoms with E-state index in [0.29, 0.717) is 25.7 Å². The summed E-state index contributed by atoms with van der Waals surface area (Å²) in [5, 5.41) is 10.8. The number of fused-ring (bicyclic) bond motifs is 1. The van der Waals surface area contributed by atoms with Crippen molar-refractivity contribution in [1.82, 2.24) is 4.90 Å². The van der Waals surface area contributed by atoms with Crippen LogP contribution in [-0.4, -0.2) is 69.1 Å². The molecule has 3 aliphatic rings. The molecule has 3 fully saturated rings. The summed E-state index contributed by atoms with van der Waals surface area (Å²) < 4.78 is 4.41. The number of ether oxygens (including phenoxy) is 1. The number of hydrogen-bond acceptors (Lipinski definition) is 6. The molecule has 2 amide bonds. The van der Waals surface area contributed by atoms with Gasteiger partial charge >= 0.3 is 5.97 Å². The number of carbonyl (C=O) groups is 3. The first-order valence-electron chi connectivity index (χ1n) is 15.6. The second-order valence-electron chi connectivity index (χ2n) is 12.6. The molecule has 2 aromatic rings. The Labute approximate surface area is 265 Å². The van der Waals surface area contributed by atoms with E-state index in [1.807, 2.05) is 69.3 Å². The summed E-state index contributed by atoms with van der Waals surface area (Å²) in [5.41, 5.74) is 3.69. The van der Waals surface area contributed by atoms with Crippen LogP contribution in [0.2, 0.25) is 0 Å². The molecule has 0 aromatic heterocycles. The van der Waals surface area contributed by atoms with E-state index >= 15 is 4.79 Å². The Kier molecular flexibility index (Phi) is 9.42. The first kappa shape index (κ1) is 32.0. The van der Waals surface area contributed by atoms with Crippen molar-refractivity contribution in [3.05, 3.63) is 90.5 Å². The van der Waals surface area contributed by atoms with Gasteiger partial charge in [-0.15, -0.1) is 24.9 Å². The lowest BCUT2D eigenvalue weighted by atomic mass is 9.66. The number of aliphatic hydroxyl groups excluding tert-OH is 1. The Morgan fingerprint density at radius 3 is 2.59 bits per heavy atom. The summed E-state index contributed by atoms with van der Waals surface area (Å²) in [4.78, 5) is 46.9. The summed E-state index contributed by atoms with van der Waals surface area (Å²) in [5.74, 6) is -2.24. The minimum absolute atomic E-state index is 0.210. The van der Waals surface area contributed by atoms with Crippen LogP contribution in [0.4, 0.5) is 5.69 Å². The van der Waals surface area contributed by atoms with Gasteiger partial charge in [-0.05, 0) is 75.6 Å². The van der Waals surface area contributed by atoms with Crippen LogP contribution in [-0.2, 0) is 25.5 Å². The van der Waals surface area contributed by atoms with E-state index in [9.17, 15) is 14.7 Å². The van der Waals surface area contributed by atoms with Gasteiger partial charge in [0.15, 0.2) is 0 Å². The second kappa shape index (κ2) is 12.9. The highest BCUT2D eigenvalue weighted by Crippen LogP contribution is 2.72. The Balaban J connectivity index is 1.60. The standard InChI is InChI=1S/C36H44N2O5S/c1-6-8-12-20-43-34(42)30-29-32(40)38(27(23-39)22-26-13-10-9-11-14-26)31(36(29)18-17-35(30,5)44-36)33(41)37(19-7-2)28-21-24(3)15-16-25(28)4/h6-7,9-11,13-16,21,27,29-31,39H,1-2,8,12,17-20,22-23H2,3-5H3/t27-,29+,30+,31?,35-,36?/m1/s1. The zero-order valence-corrected chi connectivity index (χ0v) is 26.9. The Morgan fingerprint density at radius 1 is 1.16 bits per heavy atom. The summed E-state index contributed by atoms with van der Waals surface area (Å²) in [6, 6.07) is 14.2. The second-order valence-corrected chi connectivity index (χ2v) is 14.5. The van der Waals surface area contributed by atoms with Crippen molar-refractivity contribution in [2.75, 3.05) is 24.7 Å². The van der Waals surface area contributed by atoms with E-state index < -0.39 is 33.4 Å². The highest BCUT2D eigenvalue weighted by atomic mass is 32.2. The number of unbranched alkanes of at least 4 members (excludes halogenated alkanes) is 1. The molecule has 3 saturated heterocycles. The van der Waals surface area contributed by atoms with E-state index in [1.54, 1.807) is 33.7 Å². The number of amides is 2. The van der Waals surface area contributed by atoms with Crippen molar-refractivity contribution in [2.24, 2.45) is 11.8 Å². The van der Waals surface area contributed by atoms with Crippen molar-refractivity contribution >= 4 is 35.2 Å². The third-order valence-corrected chi connectivity index (χ3v) is 11.6. The number of thioether (sulfide) groups is 1. The maximum absolute atomic E-state index is 15.0. The smallest absolute Gasteiger partial charge is 0.311 e. The number of anilines is 1. The third-order valence-electron chi connectivity index (χ3n) is 9.65. The third kappa shape index (κ3) is 5.51. The summed E-state index contributed by atoms with van der Waals surface area (Å²) in [7, 11) is 0. The Bertz CT molecular complexity index is 1430. The van der Waals surface area contributed by atoms with Crippen molar-refractivity contribution < 1.29 is 24.2 Å². The lowest BCUT2D eigenvalue weighted by Gasteiger charge is -2.40. The van der Waals surface area contributed by atoms with E-state index in [4.69, 9.17) is 4.74 Å². The molecule has 0 radical (unpaired) electrons. The maximum Gasteiger partial charge on any atom is 0.311 e. The van der Waals surface area contributed by atoms with Gasteiger partial charge in [0.2, 0.25) is 5.91 Å². The summed E-state index contributed by atoms with van der Waals surface area (Å²) in [6.45, 7) is 13.9. The molecule has 3 aliphatic heterocycles. The maximum atomic E-state index is 15.0. The van der Waals surface area contributed by atoms with Gasteiger partial charge in [0.05, 0.1) is 35.8 Å². The quantitative estimate of drug-likeness (QED) is 0.184. The van der Waals surface area contributed by atoms with E-state index in [1.165, 1.54) is 0 Å². The summed E-state index contributed by atoms with van der Waals surface area (Å²) >= 11 is 1.61. The first-order valence-corrected chi connectivity index (χ1v) is 16.4. The van der Waals surface area contributed by atoms with Gasteiger partial charge < -0.3 is 19.6 Å². The molecule has 0 saturated carbocycles. The number of esters is 1. The van der Waals surface area contributed by atoms with E-state index in [-0.39, 0.29) is 37.5 Å². The Hall–Kier alpha value is -3.36. The number of allylic oxidation sites excluding steroid dienone is 1. The van der Waals surface area contributed by atoms with Gasteiger partial charge in [-0.25, -0.2) is 0 Å². The van der Waals surface area contributed by atoms with Crippen molar-refractivity contribution in [3.8, 4) is 0 Å². The highest BCUT2D eigenvalue weighted by Gasteiger charge is 2.78. The van der Waals surface area contributed by atoms with Crippen LogP contribution in [0.3, 0.4) is 0 Å². The van der Waals surface area contributed by atoms with Crippen LogP contribution in [0.15, 0.2) is 73.8 Å². The molecule has 6 atom stereocenters. The zero-order chi connectivity index (χ0) is 31.6. The fourth-order valence-corrected chi connectivity index (χ4v) is 9.94. The first-order chi connectivity index (χ1) is 21.1. The number of hydrogen-bond donors (Lipinski definition) is 1. The van der Waals surface area contributed by atoms with Crippen LogP contribution in [0.1, 0.15) is 49.3 Å². The fourth-order valence-electron chi connectivity index (χ4n) is 7.62. The van der Waals surface area contributed by atoms with Crippen LogP contribution in [0.25, 0.3) is 0 Å². The predicted octanol–water partition coefficient (Wildman–Crippen LogP) is 5.42. The summed E-state index contributed by atoms with van der Waals surface area (Å²) in [6.07, 6.45) is 6.59. The monoisotopic (exact) mass is 616 g/mol. The van der Waals surface area contributed by atoms with Gasteiger partial charge in [-0.3, -0.25) is 14.4 Å². The number of aryl methyl sites for hydroxylation is 2. The molecule has 0 aliphatic carbocycles. The SMILES string of the molecule is C=CCCCOC(=O)[C@@H]1[C@H]2C(=O)N([C@@H](CO)Cc3ccccc3)C(C(=O)N(CC=C)c3cc(C)ccc3C)C23CC[C@@]1(C)S3. The topological polar surface area (TPSA) is 87.1 Å². The highest BCUT2D eigenvalue weighted by molar-refractivity contribution is 8.02. The molecule has 2 unspecified atom stereocenters. The molecule has 1 N–H and O–H groups in total. The number of benzene rings is 2. The molecule has 2 bridgehead atoms. The lowest BCUT2D eigenvalue weighted by molar-refractivity contribution is -0.156. The molecule has 44 heavy (non-hydrogen) atoms. The number of likely N-dealkylation sites (tertiary alicyclic amines) is 1. The lowest BCUT2D eigenvalue weighted by Crippen LogP contribution is -2.58. The normalized spacial score (nSPS) is 27.6. The predicted molar refractivity (Wildman–Crippen MR) is 175 cm³/mol. The molecule has 7 nitrogen and oxygen atoms in total. The van der Waals surface area contributed by atoms with Gasteiger partial charge in [0.25, 0.3) is 5.91 Å². The number of aliphatic hydroxyl groups is 1. The van der Waals surface area contributed by atoms with Crippen LogP contribution >= 0.6 is 11.8 Å². The van der Waals surface area contributed by atoms with Crippen LogP contribution < -0.4 is 4.90 Å². The minimum atomic E-state index is -0.869. The number of carbonyl (C=O) groups excluding carboxylic acids is 3. The average Bonchev–Trinajstić information content (AvgIpc) is 3.59. The van der Waals surface area contributed by atoms with Crippen molar-refractivity contribution in [1.29, 1.82) is 0 Å². The Morgan fingerprint density at radius 2 is 1.91 bits per heavy atom. The fraction of sp³-hybridized carbons (Fsp3) is 0.472. The molecule has 5 rings (SSSR count). The van der Waals surface area contributed by atoms with E-state index in [2.05, 4.69) is 13.2 Å². The van der Waals surface area contributed by atoms with Gasteiger partial charge in [0.1, 0.15) is 6.04 Å². The van der Waals surface area contributed by atoms with Crippen LogP contribution in [0.5, 0.6) is 0 Å². The zero-order valence-electron chi connectivity index (χ0n) is 26.0. The van der Waals surface area contributed by atoms with Gasteiger partial charge in [-0.2, -0.15) is 0 Å². The number of nitrogens with zero attached hydrogens (tertiary/aromatic N) is 2. The van der Waals surface area contributed by atoms with E-state index in [0.717, 1.165) is 28.8 Å². The number of rotatable bonds is 13. The van der Waals surface area contributed by atoms with Gasteiger partial charge in [0, 0.05) is 17.0 Å².